The van der Waals surface area contributed by atoms with Crippen molar-refractivity contribution in [3.8, 4) is 0 Å². The Morgan fingerprint density at radius 3 is 1.61 bits per heavy atom. The molecule has 0 aliphatic rings. The Labute approximate surface area is 224 Å². The van der Waals surface area contributed by atoms with E-state index in [0.29, 0.717) is 0 Å². The van der Waals surface area contributed by atoms with Gasteiger partial charge in [0.1, 0.15) is 0 Å². The van der Waals surface area contributed by atoms with Gasteiger partial charge in [0.2, 0.25) is 0 Å². The minimum atomic E-state index is -3.00. The number of hydrogen-bond acceptors (Lipinski definition) is 1. The van der Waals surface area contributed by atoms with E-state index in [1.54, 1.807) is 0 Å². The summed E-state index contributed by atoms with van der Waals surface area (Å²) < 4.78 is 14.7. The van der Waals surface area contributed by atoms with Crippen LogP contribution >= 0.6 is 7.14 Å². The van der Waals surface area contributed by atoms with Crippen molar-refractivity contribution >= 4 is 45.5 Å². The molecule has 0 fully saturated rings. The Hall–Kier alpha value is -4.45. The molecule has 0 aliphatic carbocycles. The predicted octanol–water partition coefficient (Wildman–Crippen LogP) is 8.07. The van der Waals surface area contributed by atoms with E-state index < -0.39 is 7.14 Å². The van der Waals surface area contributed by atoms with Gasteiger partial charge in [0.25, 0.3) is 0 Å². The summed E-state index contributed by atoms with van der Waals surface area (Å²) in [5, 5.41) is 4.96. The zero-order valence-electron chi connectivity index (χ0n) is 20.9. The van der Waals surface area contributed by atoms with Crippen LogP contribution in [0.1, 0.15) is 16.7 Å². The fourth-order valence-corrected chi connectivity index (χ4v) is 7.71. The van der Waals surface area contributed by atoms with E-state index in [9.17, 15) is 4.57 Å². The number of fused-ring (bicyclic) bond motifs is 1. The Balaban J connectivity index is 1.48. The SMILES string of the molecule is O=P(c1ccccc1)(c1ccccc1)c1ccc(/C=C(\c2ccccc2)c2cccc3ccccc23)cc1. The van der Waals surface area contributed by atoms with Crippen LogP contribution in [0.25, 0.3) is 22.4 Å². The third-order valence-electron chi connectivity index (χ3n) is 6.97. The van der Waals surface area contributed by atoms with Crippen LogP contribution in [0.15, 0.2) is 158 Å². The van der Waals surface area contributed by atoms with Gasteiger partial charge in [0.15, 0.2) is 7.14 Å². The monoisotopic (exact) mass is 506 g/mol. The highest BCUT2D eigenvalue weighted by Gasteiger charge is 2.29. The van der Waals surface area contributed by atoms with E-state index in [-0.39, 0.29) is 0 Å². The van der Waals surface area contributed by atoms with Crippen molar-refractivity contribution in [3.63, 3.8) is 0 Å². The smallest absolute Gasteiger partial charge is 0.171 e. The molecule has 0 spiro atoms. The van der Waals surface area contributed by atoms with Crippen LogP contribution in [0, 0.1) is 0 Å². The first kappa shape index (κ1) is 23.9. The van der Waals surface area contributed by atoms with Crippen LogP contribution in [0.3, 0.4) is 0 Å². The number of rotatable bonds is 6. The van der Waals surface area contributed by atoms with Gasteiger partial charge < -0.3 is 4.57 Å². The molecule has 0 heterocycles. The van der Waals surface area contributed by atoms with Gasteiger partial charge in [-0.3, -0.25) is 0 Å². The molecule has 2 heteroatoms. The number of hydrogen-bond donors (Lipinski definition) is 0. The predicted molar refractivity (Wildman–Crippen MR) is 163 cm³/mol. The van der Waals surface area contributed by atoms with Crippen molar-refractivity contribution in [1.82, 2.24) is 0 Å². The summed E-state index contributed by atoms with van der Waals surface area (Å²) in [6.07, 6.45) is 2.23. The van der Waals surface area contributed by atoms with E-state index in [4.69, 9.17) is 0 Å². The second-order valence-corrected chi connectivity index (χ2v) is 12.1. The summed E-state index contributed by atoms with van der Waals surface area (Å²) in [4.78, 5) is 0. The number of benzene rings is 6. The van der Waals surface area contributed by atoms with Crippen molar-refractivity contribution in [2.45, 2.75) is 0 Å². The maximum Gasteiger partial charge on any atom is 0.171 e. The zero-order valence-corrected chi connectivity index (χ0v) is 21.8. The lowest BCUT2D eigenvalue weighted by Crippen LogP contribution is -2.24. The highest BCUT2D eigenvalue weighted by atomic mass is 31.2. The molecule has 6 rings (SSSR count). The molecule has 38 heavy (non-hydrogen) atoms. The molecule has 182 valence electrons. The maximum absolute atomic E-state index is 14.7. The van der Waals surface area contributed by atoms with Crippen molar-refractivity contribution in [2.24, 2.45) is 0 Å². The van der Waals surface area contributed by atoms with Crippen LogP contribution in [0.2, 0.25) is 0 Å². The minimum Gasteiger partial charge on any atom is -0.309 e. The van der Waals surface area contributed by atoms with E-state index in [1.807, 2.05) is 78.9 Å². The molecule has 6 aromatic rings. The summed E-state index contributed by atoms with van der Waals surface area (Å²) in [7, 11) is -3.00. The average molecular weight is 507 g/mol. The maximum atomic E-state index is 14.7. The van der Waals surface area contributed by atoms with E-state index in [0.717, 1.165) is 32.6 Å². The normalized spacial score (nSPS) is 11.9. The van der Waals surface area contributed by atoms with Gasteiger partial charge >= 0.3 is 0 Å². The first-order valence-electron chi connectivity index (χ1n) is 12.8. The molecule has 1 nitrogen and oxygen atoms in total. The third-order valence-corrected chi connectivity index (χ3v) is 10.0. The second kappa shape index (κ2) is 10.5. The molecule has 0 saturated carbocycles. The van der Waals surface area contributed by atoms with Gasteiger partial charge in [-0.25, -0.2) is 0 Å². The molecule has 0 saturated heterocycles. The molecule has 0 atom stereocenters. The van der Waals surface area contributed by atoms with Crippen LogP contribution in [0.4, 0.5) is 0 Å². The van der Waals surface area contributed by atoms with Crippen molar-refractivity contribution < 1.29 is 4.57 Å². The van der Waals surface area contributed by atoms with Crippen LogP contribution in [0.5, 0.6) is 0 Å². The lowest BCUT2D eigenvalue weighted by atomic mass is 9.92. The molecular weight excluding hydrogens is 479 g/mol. The summed E-state index contributed by atoms with van der Waals surface area (Å²) in [5.41, 5.74) is 4.57. The van der Waals surface area contributed by atoms with Crippen molar-refractivity contribution in [3.05, 3.63) is 174 Å². The van der Waals surface area contributed by atoms with Crippen LogP contribution in [-0.4, -0.2) is 0 Å². The molecule has 0 radical (unpaired) electrons. The standard InChI is InChI=1S/C36H27OP/c37-38(31-17-6-2-7-18-31,32-19-8-3-9-20-32)33-25-23-28(24-26-33)27-36(30-13-4-1-5-14-30)35-22-12-16-29-15-10-11-21-34(29)35/h1-27H/b36-27+. The Bertz CT molecular complexity index is 1700. The van der Waals surface area contributed by atoms with Gasteiger partial charge in [-0.05, 0) is 39.1 Å². The van der Waals surface area contributed by atoms with E-state index in [2.05, 4.69) is 84.9 Å². The molecule has 0 unspecified atom stereocenters. The van der Waals surface area contributed by atoms with Crippen molar-refractivity contribution in [1.29, 1.82) is 0 Å². The van der Waals surface area contributed by atoms with Gasteiger partial charge in [-0.2, -0.15) is 0 Å². The van der Waals surface area contributed by atoms with Gasteiger partial charge in [-0.15, -0.1) is 0 Å². The summed E-state index contributed by atoms with van der Waals surface area (Å²) in [6.45, 7) is 0. The summed E-state index contributed by atoms with van der Waals surface area (Å²) in [6, 6.07) is 53.3. The fourth-order valence-electron chi connectivity index (χ4n) is 5.06. The fraction of sp³-hybridized carbons (Fsp3) is 0. The Kier molecular flexibility index (Phi) is 6.61. The molecule has 0 aliphatic heterocycles. The Morgan fingerprint density at radius 1 is 0.474 bits per heavy atom. The van der Waals surface area contributed by atoms with Crippen LogP contribution in [-0.2, 0) is 4.57 Å². The van der Waals surface area contributed by atoms with Crippen molar-refractivity contribution in [2.75, 3.05) is 0 Å². The zero-order chi connectivity index (χ0) is 25.8. The first-order valence-corrected chi connectivity index (χ1v) is 14.5. The topological polar surface area (TPSA) is 17.1 Å². The van der Waals surface area contributed by atoms with E-state index in [1.165, 1.54) is 16.3 Å². The largest absolute Gasteiger partial charge is 0.309 e. The molecule has 0 bridgehead atoms. The summed E-state index contributed by atoms with van der Waals surface area (Å²) in [5.74, 6) is 0. The quantitative estimate of drug-likeness (QED) is 0.165. The van der Waals surface area contributed by atoms with Gasteiger partial charge in [0, 0.05) is 15.9 Å². The average Bonchev–Trinajstić information content (AvgIpc) is 3.01. The molecular formula is C36H27OP. The molecule has 0 N–H and O–H groups in total. The Morgan fingerprint density at radius 2 is 0.974 bits per heavy atom. The van der Waals surface area contributed by atoms with Gasteiger partial charge in [0.05, 0.1) is 0 Å². The minimum absolute atomic E-state index is 0.832. The lowest BCUT2D eigenvalue weighted by Gasteiger charge is -2.20. The highest BCUT2D eigenvalue weighted by Crippen LogP contribution is 2.42. The molecule has 6 aromatic carbocycles. The van der Waals surface area contributed by atoms with E-state index >= 15 is 0 Å². The highest BCUT2D eigenvalue weighted by molar-refractivity contribution is 7.85. The molecule has 0 amide bonds. The lowest BCUT2D eigenvalue weighted by molar-refractivity contribution is 0.592. The first-order chi connectivity index (χ1) is 18.7. The molecule has 0 aromatic heterocycles. The summed E-state index contributed by atoms with van der Waals surface area (Å²) >= 11 is 0. The third kappa shape index (κ3) is 4.54. The van der Waals surface area contributed by atoms with Gasteiger partial charge in [-0.1, -0.05) is 158 Å². The second-order valence-electron chi connectivity index (χ2n) is 9.32. The van der Waals surface area contributed by atoms with Crippen LogP contribution < -0.4 is 15.9 Å².